The molecule has 0 rings (SSSR count). The monoisotopic (exact) mass is 548 g/mol. The lowest BCUT2D eigenvalue weighted by molar-refractivity contribution is -0.154. The van der Waals surface area contributed by atoms with E-state index in [2.05, 4.69) is 50.3 Å². The first-order valence-electron chi connectivity index (χ1n) is 16.6. The molecule has 39 heavy (non-hydrogen) atoms. The van der Waals surface area contributed by atoms with Crippen molar-refractivity contribution in [3.05, 3.63) is 36.5 Å². The number of aliphatic hydroxyl groups is 1. The Labute approximate surface area is 242 Å². The van der Waals surface area contributed by atoms with Crippen LogP contribution in [0.1, 0.15) is 155 Å². The maximum atomic E-state index is 12.1. The largest absolute Gasteiger partial charge is 0.457 e. The summed E-state index contributed by atoms with van der Waals surface area (Å²) in [5, 5.41) is 9.51. The van der Waals surface area contributed by atoms with Crippen LogP contribution < -0.4 is 0 Å². The summed E-state index contributed by atoms with van der Waals surface area (Å²) >= 11 is 0. The van der Waals surface area contributed by atoms with Gasteiger partial charge in [0.05, 0.1) is 13.2 Å². The number of hydrogen-bond donors (Lipinski definition) is 1. The fourth-order valence-electron chi connectivity index (χ4n) is 4.40. The number of allylic oxidation sites excluding steroid dienone is 6. The average Bonchev–Trinajstić information content (AvgIpc) is 2.94. The number of rotatable bonds is 30. The maximum Gasteiger partial charge on any atom is 0.306 e. The van der Waals surface area contributed by atoms with Gasteiger partial charge in [-0.25, -0.2) is 0 Å². The van der Waals surface area contributed by atoms with Gasteiger partial charge in [0.25, 0.3) is 0 Å². The summed E-state index contributed by atoms with van der Waals surface area (Å²) in [4.78, 5) is 12.1. The summed E-state index contributed by atoms with van der Waals surface area (Å²) in [7, 11) is 0. The number of hydrogen-bond acceptors (Lipinski definition) is 4. The second kappa shape index (κ2) is 32.8. The number of carbonyl (C=O) groups excluding carboxylic acids is 1. The Balaban J connectivity index is 3.48. The Morgan fingerprint density at radius 2 is 1.10 bits per heavy atom. The minimum atomic E-state index is -0.540. The van der Waals surface area contributed by atoms with Crippen molar-refractivity contribution in [2.75, 3.05) is 19.8 Å². The normalized spacial score (nSPS) is 12.8. The third-order valence-corrected chi connectivity index (χ3v) is 6.94. The Kier molecular flexibility index (Phi) is 31.7. The second-order valence-corrected chi connectivity index (χ2v) is 10.9. The fraction of sp³-hybridized carbons (Fsp3) is 0.800. The van der Waals surface area contributed by atoms with Crippen molar-refractivity contribution in [1.82, 2.24) is 0 Å². The summed E-state index contributed by atoms with van der Waals surface area (Å²) < 4.78 is 11.1. The van der Waals surface area contributed by atoms with Gasteiger partial charge in [-0.3, -0.25) is 4.79 Å². The highest BCUT2D eigenvalue weighted by atomic mass is 16.6. The van der Waals surface area contributed by atoms with Gasteiger partial charge in [-0.15, -0.1) is 0 Å². The van der Waals surface area contributed by atoms with Crippen LogP contribution >= 0.6 is 0 Å². The summed E-state index contributed by atoms with van der Waals surface area (Å²) in [6, 6.07) is 0. The van der Waals surface area contributed by atoms with E-state index in [9.17, 15) is 9.90 Å². The molecule has 0 saturated heterocycles. The van der Waals surface area contributed by atoms with Gasteiger partial charge in [0, 0.05) is 13.0 Å². The summed E-state index contributed by atoms with van der Waals surface area (Å²) in [6.45, 7) is 5.24. The number of ether oxygens (including phenoxy) is 2. The van der Waals surface area contributed by atoms with E-state index in [0.717, 1.165) is 38.5 Å². The van der Waals surface area contributed by atoms with Gasteiger partial charge >= 0.3 is 5.97 Å². The zero-order valence-corrected chi connectivity index (χ0v) is 25.9. The highest BCUT2D eigenvalue weighted by Crippen LogP contribution is 2.11. The molecule has 0 spiro atoms. The van der Waals surface area contributed by atoms with E-state index in [4.69, 9.17) is 9.47 Å². The minimum Gasteiger partial charge on any atom is -0.457 e. The van der Waals surface area contributed by atoms with Gasteiger partial charge in [0.2, 0.25) is 0 Å². The molecule has 0 aliphatic carbocycles. The van der Waals surface area contributed by atoms with Crippen molar-refractivity contribution in [3.8, 4) is 0 Å². The minimum absolute atomic E-state index is 0.179. The predicted octanol–water partition coefficient (Wildman–Crippen LogP) is 10.2. The number of carbonyl (C=O) groups is 1. The molecular weight excluding hydrogens is 484 g/mol. The molecule has 0 radical (unpaired) electrons. The number of unbranched alkanes of at least 4 members (excludes halogenated alkanes) is 16. The Bertz CT molecular complexity index is 581. The van der Waals surface area contributed by atoms with Gasteiger partial charge in [-0.05, 0) is 64.2 Å². The molecule has 0 aromatic rings. The Hall–Kier alpha value is -1.39. The van der Waals surface area contributed by atoms with E-state index in [1.165, 1.54) is 96.3 Å². The first-order valence-corrected chi connectivity index (χ1v) is 16.6. The highest BCUT2D eigenvalue weighted by Gasteiger charge is 2.13. The fourth-order valence-corrected chi connectivity index (χ4v) is 4.40. The van der Waals surface area contributed by atoms with Gasteiger partial charge in [0.15, 0.2) is 0 Å². The zero-order valence-electron chi connectivity index (χ0n) is 25.9. The SMILES string of the molecule is CCCC/C=C\CCCCCCCC(=O)OC(CO)COCCCCCCCC/C=C\C/C=C\CCCCC. The van der Waals surface area contributed by atoms with Gasteiger partial charge in [-0.1, -0.05) is 121 Å². The Morgan fingerprint density at radius 1 is 0.615 bits per heavy atom. The van der Waals surface area contributed by atoms with Gasteiger partial charge in [-0.2, -0.15) is 0 Å². The first kappa shape index (κ1) is 37.6. The van der Waals surface area contributed by atoms with Crippen LogP contribution in [0.25, 0.3) is 0 Å². The van der Waals surface area contributed by atoms with Crippen LogP contribution in [0.5, 0.6) is 0 Å². The summed E-state index contributed by atoms with van der Waals surface area (Å²) in [5.41, 5.74) is 0. The molecule has 0 saturated carbocycles. The lowest BCUT2D eigenvalue weighted by Gasteiger charge is -2.15. The molecule has 4 nitrogen and oxygen atoms in total. The van der Waals surface area contributed by atoms with E-state index in [1.54, 1.807) is 0 Å². The molecule has 0 bridgehead atoms. The molecule has 4 heteroatoms. The van der Waals surface area contributed by atoms with Crippen molar-refractivity contribution in [2.45, 2.75) is 161 Å². The van der Waals surface area contributed by atoms with Crippen LogP contribution in [0.3, 0.4) is 0 Å². The maximum absolute atomic E-state index is 12.1. The first-order chi connectivity index (χ1) is 19.2. The molecule has 1 atom stereocenters. The molecule has 0 heterocycles. The topological polar surface area (TPSA) is 55.8 Å². The molecular formula is C35H64O4. The van der Waals surface area contributed by atoms with Crippen molar-refractivity contribution >= 4 is 5.97 Å². The summed E-state index contributed by atoms with van der Waals surface area (Å²) in [6.07, 6.45) is 38.9. The second-order valence-electron chi connectivity index (χ2n) is 10.9. The zero-order chi connectivity index (χ0) is 28.5. The highest BCUT2D eigenvalue weighted by molar-refractivity contribution is 5.69. The van der Waals surface area contributed by atoms with E-state index in [1.807, 2.05) is 0 Å². The molecule has 0 aromatic heterocycles. The number of aliphatic hydroxyl groups excluding tert-OH is 1. The van der Waals surface area contributed by atoms with Crippen LogP contribution in [0.15, 0.2) is 36.5 Å². The lowest BCUT2D eigenvalue weighted by Crippen LogP contribution is -2.27. The van der Waals surface area contributed by atoms with Gasteiger partial charge < -0.3 is 14.6 Å². The van der Waals surface area contributed by atoms with E-state index in [-0.39, 0.29) is 19.2 Å². The van der Waals surface area contributed by atoms with Crippen LogP contribution in [-0.2, 0) is 14.3 Å². The average molecular weight is 549 g/mol. The molecule has 228 valence electrons. The molecule has 1 N–H and O–H groups in total. The Morgan fingerprint density at radius 3 is 1.69 bits per heavy atom. The molecule has 1 unspecified atom stereocenters. The third-order valence-electron chi connectivity index (χ3n) is 6.94. The van der Waals surface area contributed by atoms with Crippen LogP contribution in [0, 0.1) is 0 Å². The third kappa shape index (κ3) is 31.0. The van der Waals surface area contributed by atoms with E-state index < -0.39 is 6.10 Å². The lowest BCUT2D eigenvalue weighted by atomic mass is 10.1. The van der Waals surface area contributed by atoms with E-state index >= 15 is 0 Å². The quantitative estimate of drug-likeness (QED) is 0.0551. The molecule has 0 aliphatic heterocycles. The van der Waals surface area contributed by atoms with Crippen molar-refractivity contribution < 1.29 is 19.4 Å². The van der Waals surface area contributed by atoms with Crippen LogP contribution in [-0.4, -0.2) is 37.0 Å². The van der Waals surface area contributed by atoms with Crippen LogP contribution in [0.4, 0.5) is 0 Å². The number of esters is 1. The molecule has 0 fully saturated rings. The van der Waals surface area contributed by atoms with Crippen LogP contribution in [0.2, 0.25) is 0 Å². The van der Waals surface area contributed by atoms with Crippen molar-refractivity contribution in [2.24, 2.45) is 0 Å². The molecule has 0 amide bonds. The smallest absolute Gasteiger partial charge is 0.306 e. The standard InChI is InChI=1S/C35H64O4/c1-3-5-7-9-11-13-15-16-17-18-19-21-23-25-27-29-31-38-33-34(32-36)39-35(37)30-28-26-24-22-20-14-12-10-8-6-4-2/h10-13,16-17,34,36H,3-9,14-15,18-33H2,1-2H3/b12-10-,13-11-,17-16-. The molecule has 0 aliphatic rings. The summed E-state index contributed by atoms with van der Waals surface area (Å²) in [5.74, 6) is -0.217. The van der Waals surface area contributed by atoms with Gasteiger partial charge in [0.1, 0.15) is 6.10 Å². The van der Waals surface area contributed by atoms with E-state index in [0.29, 0.717) is 13.0 Å². The molecule has 0 aromatic carbocycles. The predicted molar refractivity (Wildman–Crippen MR) is 168 cm³/mol. The van der Waals surface area contributed by atoms with Crippen molar-refractivity contribution in [1.29, 1.82) is 0 Å². The van der Waals surface area contributed by atoms with Crippen molar-refractivity contribution in [3.63, 3.8) is 0 Å².